The van der Waals surface area contributed by atoms with Gasteiger partial charge >= 0.3 is 5.97 Å². The molecule has 0 aliphatic heterocycles. The molecule has 2 aromatic carbocycles. The molecule has 0 saturated carbocycles. The van der Waals surface area contributed by atoms with Crippen LogP contribution >= 0.6 is 11.6 Å². The molecule has 0 saturated heterocycles. The van der Waals surface area contributed by atoms with Crippen LogP contribution in [0.3, 0.4) is 0 Å². The highest BCUT2D eigenvalue weighted by Gasteiger charge is 2.16. The largest absolute Gasteiger partial charge is 0.452 e. The summed E-state index contributed by atoms with van der Waals surface area (Å²) in [5.74, 6) is -0.877. The van der Waals surface area contributed by atoms with Gasteiger partial charge in [0.25, 0.3) is 5.91 Å². The molecule has 2 aromatic rings. The fourth-order valence-corrected chi connectivity index (χ4v) is 2.36. The molecular formula is C21H22ClNO3. The highest BCUT2D eigenvalue weighted by Crippen LogP contribution is 2.22. The van der Waals surface area contributed by atoms with E-state index < -0.39 is 5.97 Å². The predicted octanol–water partition coefficient (Wildman–Crippen LogP) is 4.34. The summed E-state index contributed by atoms with van der Waals surface area (Å²) < 4.78 is 5.22. The molecule has 2 rings (SSSR count). The minimum absolute atomic E-state index is 0.0387. The van der Waals surface area contributed by atoms with Gasteiger partial charge in [-0.1, -0.05) is 61.0 Å². The zero-order valence-corrected chi connectivity index (χ0v) is 15.6. The van der Waals surface area contributed by atoms with Crippen LogP contribution in [-0.2, 0) is 14.3 Å². The van der Waals surface area contributed by atoms with Crippen molar-refractivity contribution in [2.24, 2.45) is 0 Å². The molecule has 0 spiro atoms. The highest BCUT2D eigenvalue weighted by atomic mass is 35.5. The van der Waals surface area contributed by atoms with Gasteiger partial charge in [-0.3, -0.25) is 4.79 Å². The first-order valence-electron chi connectivity index (χ1n) is 8.48. The second-order valence-electron chi connectivity index (χ2n) is 5.93. The normalized spacial score (nSPS) is 12.3. The fourth-order valence-electron chi connectivity index (χ4n) is 2.23. The fraction of sp³-hybridized carbons (Fsp3) is 0.238. The molecule has 136 valence electrons. The third kappa shape index (κ3) is 6.05. The lowest BCUT2D eigenvalue weighted by Crippen LogP contribution is -2.35. The quantitative estimate of drug-likeness (QED) is 0.447. The topological polar surface area (TPSA) is 55.4 Å². The molecule has 0 fully saturated rings. The number of carbonyl (C=O) groups is 2. The molecule has 0 heterocycles. The van der Waals surface area contributed by atoms with Gasteiger partial charge in [0.15, 0.2) is 6.61 Å². The van der Waals surface area contributed by atoms with Crippen LogP contribution in [-0.4, -0.2) is 24.5 Å². The number of nitrogens with one attached hydrogen (secondary N) is 1. The zero-order valence-electron chi connectivity index (χ0n) is 14.9. The molecule has 26 heavy (non-hydrogen) atoms. The molecule has 1 amide bonds. The summed E-state index contributed by atoms with van der Waals surface area (Å²) in [6.45, 7) is 3.55. The highest BCUT2D eigenvalue weighted by molar-refractivity contribution is 6.30. The average Bonchev–Trinajstić information content (AvgIpc) is 2.65. The summed E-state index contributed by atoms with van der Waals surface area (Å²) >= 11 is 5.93. The van der Waals surface area contributed by atoms with Crippen molar-refractivity contribution in [3.05, 3.63) is 70.7 Å². The van der Waals surface area contributed by atoms with Gasteiger partial charge in [-0.05, 0) is 42.7 Å². The molecular weight excluding hydrogens is 350 g/mol. The van der Waals surface area contributed by atoms with Crippen molar-refractivity contribution in [2.45, 2.75) is 26.3 Å². The van der Waals surface area contributed by atoms with E-state index in [1.807, 2.05) is 44.2 Å². The Morgan fingerprint density at radius 3 is 2.38 bits per heavy atom. The van der Waals surface area contributed by atoms with Crippen LogP contribution in [0.5, 0.6) is 0 Å². The SMILES string of the molecule is CCC(C)NC(=O)COC(=O)/C(=C/c1ccccc1)c1ccc(Cl)cc1. The smallest absolute Gasteiger partial charge is 0.339 e. The number of rotatable bonds is 7. The zero-order chi connectivity index (χ0) is 18.9. The predicted molar refractivity (Wildman–Crippen MR) is 105 cm³/mol. The lowest BCUT2D eigenvalue weighted by molar-refractivity contribution is -0.143. The van der Waals surface area contributed by atoms with Gasteiger partial charge in [-0.2, -0.15) is 0 Å². The molecule has 0 radical (unpaired) electrons. The van der Waals surface area contributed by atoms with Gasteiger partial charge in [0.05, 0.1) is 5.57 Å². The number of esters is 1. The van der Waals surface area contributed by atoms with Crippen LogP contribution in [0.2, 0.25) is 5.02 Å². The number of carbonyl (C=O) groups excluding carboxylic acids is 2. The van der Waals surface area contributed by atoms with Crippen molar-refractivity contribution >= 4 is 35.1 Å². The lowest BCUT2D eigenvalue weighted by Gasteiger charge is -2.12. The Kier molecular flexibility index (Phi) is 7.42. The van der Waals surface area contributed by atoms with Crippen molar-refractivity contribution in [2.75, 3.05) is 6.61 Å². The van der Waals surface area contributed by atoms with Crippen LogP contribution in [0.25, 0.3) is 11.6 Å². The molecule has 4 nitrogen and oxygen atoms in total. The maximum atomic E-state index is 12.6. The second-order valence-corrected chi connectivity index (χ2v) is 6.36. The van der Waals surface area contributed by atoms with Crippen molar-refractivity contribution in [1.82, 2.24) is 5.32 Å². The minimum Gasteiger partial charge on any atom is -0.452 e. The van der Waals surface area contributed by atoms with Gasteiger partial charge in [-0.25, -0.2) is 4.79 Å². The Balaban J connectivity index is 2.18. The van der Waals surface area contributed by atoms with E-state index in [2.05, 4.69) is 5.32 Å². The van der Waals surface area contributed by atoms with Gasteiger partial charge < -0.3 is 10.1 Å². The van der Waals surface area contributed by atoms with Crippen LogP contribution in [0.4, 0.5) is 0 Å². The molecule has 1 atom stereocenters. The van der Waals surface area contributed by atoms with Crippen LogP contribution in [0, 0.1) is 0 Å². The third-order valence-corrected chi connectivity index (χ3v) is 4.09. The van der Waals surface area contributed by atoms with Crippen molar-refractivity contribution < 1.29 is 14.3 Å². The van der Waals surface area contributed by atoms with Gasteiger partial charge in [0.1, 0.15) is 0 Å². The van der Waals surface area contributed by atoms with Crippen LogP contribution < -0.4 is 5.32 Å². The van der Waals surface area contributed by atoms with Crippen molar-refractivity contribution in [1.29, 1.82) is 0 Å². The Hall–Kier alpha value is -2.59. The van der Waals surface area contributed by atoms with Gasteiger partial charge in [0.2, 0.25) is 0 Å². The standard InChI is InChI=1S/C21H22ClNO3/c1-3-15(2)23-20(24)14-26-21(25)19(13-16-7-5-4-6-8-16)17-9-11-18(22)12-10-17/h4-13,15H,3,14H2,1-2H3,(H,23,24)/b19-13+. The Morgan fingerprint density at radius 2 is 1.77 bits per heavy atom. The Morgan fingerprint density at radius 1 is 1.12 bits per heavy atom. The monoisotopic (exact) mass is 371 g/mol. The number of ether oxygens (including phenoxy) is 1. The number of hydrogen-bond donors (Lipinski definition) is 1. The summed E-state index contributed by atoms with van der Waals surface area (Å²) in [5, 5.41) is 3.35. The van der Waals surface area contributed by atoms with E-state index in [-0.39, 0.29) is 18.6 Å². The van der Waals surface area contributed by atoms with E-state index in [1.165, 1.54) is 0 Å². The Bertz CT molecular complexity index is 770. The number of benzene rings is 2. The van der Waals surface area contributed by atoms with Crippen molar-refractivity contribution in [3.63, 3.8) is 0 Å². The van der Waals surface area contributed by atoms with Crippen LogP contribution in [0.1, 0.15) is 31.4 Å². The van der Waals surface area contributed by atoms with E-state index in [0.717, 1.165) is 12.0 Å². The Labute approximate surface area is 158 Å². The van der Waals surface area contributed by atoms with E-state index in [1.54, 1.807) is 30.3 Å². The maximum Gasteiger partial charge on any atom is 0.339 e. The molecule has 0 aromatic heterocycles. The van der Waals surface area contributed by atoms with Gasteiger partial charge in [0, 0.05) is 11.1 Å². The molecule has 0 aliphatic rings. The van der Waals surface area contributed by atoms with Crippen molar-refractivity contribution in [3.8, 4) is 0 Å². The summed E-state index contributed by atoms with van der Waals surface area (Å²) in [5.41, 5.74) is 1.90. The third-order valence-electron chi connectivity index (χ3n) is 3.84. The second kappa shape index (κ2) is 9.78. The molecule has 1 N–H and O–H groups in total. The summed E-state index contributed by atoms with van der Waals surface area (Å²) in [6.07, 6.45) is 2.54. The first kappa shape index (κ1) is 19.7. The van der Waals surface area contributed by atoms with Crippen LogP contribution in [0.15, 0.2) is 54.6 Å². The first-order chi connectivity index (χ1) is 12.5. The van der Waals surface area contributed by atoms with E-state index in [9.17, 15) is 9.59 Å². The summed E-state index contributed by atoms with van der Waals surface area (Å²) in [6, 6.07) is 16.4. The summed E-state index contributed by atoms with van der Waals surface area (Å²) in [7, 11) is 0. The average molecular weight is 372 g/mol. The van der Waals surface area contributed by atoms with Gasteiger partial charge in [-0.15, -0.1) is 0 Å². The maximum absolute atomic E-state index is 12.6. The first-order valence-corrected chi connectivity index (χ1v) is 8.86. The number of halogens is 1. The molecule has 0 aliphatic carbocycles. The molecule has 5 heteroatoms. The lowest BCUT2D eigenvalue weighted by atomic mass is 10.0. The number of amides is 1. The van der Waals surface area contributed by atoms with E-state index in [4.69, 9.17) is 16.3 Å². The van der Waals surface area contributed by atoms with E-state index >= 15 is 0 Å². The minimum atomic E-state index is -0.560. The number of hydrogen-bond acceptors (Lipinski definition) is 3. The summed E-state index contributed by atoms with van der Waals surface area (Å²) in [4.78, 5) is 24.4. The molecule has 0 bridgehead atoms. The molecule has 1 unspecified atom stereocenters. The van der Waals surface area contributed by atoms with E-state index in [0.29, 0.717) is 16.2 Å².